The Hall–Kier alpha value is -0.350. The number of thioether (sulfide) groups is 1. The van der Waals surface area contributed by atoms with Gasteiger partial charge < -0.3 is 4.98 Å². The van der Waals surface area contributed by atoms with Crippen molar-refractivity contribution in [3.63, 3.8) is 0 Å². The molecule has 2 rings (SSSR count). The molecule has 92 valence electrons. The number of rotatable bonds is 3. The molecule has 0 fully saturated rings. The summed E-state index contributed by atoms with van der Waals surface area (Å²) in [5.41, 5.74) is 2.51. The fourth-order valence-corrected chi connectivity index (χ4v) is 2.41. The maximum atomic E-state index is 5.77. The number of hydrogen-bond donors (Lipinski definition) is 1. The second kappa shape index (κ2) is 6.55. The van der Waals surface area contributed by atoms with Gasteiger partial charge in [0.1, 0.15) is 5.15 Å². The quantitative estimate of drug-likeness (QED) is 0.830. The number of imidazole rings is 1. The molecule has 0 saturated heterocycles. The molecule has 0 aliphatic rings. The van der Waals surface area contributed by atoms with Crippen LogP contribution in [0.15, 0.2) is 29.4 Å². The minimum absolute atomic E-state index is 0. The van der Waals surface area contributed by atoms with Crippen LogP contribution in [0.1, 0.15) is 11.1 Å². The number of halogens is 3. The highest BCUT2D eigenvalue weighted by molar-refractivity contribution is 7.98. The molecule has 1 aromatic heterocycles. The number of nitrogens with zero attached hydrogens (tertiary/aromatic N) is 1. The van der Waals surface area contributed by atoms with Crippen LogP contribution in [0.3, 0.4) is 0 Å². The van der Waals surface area contributed by atoms with E-state index in [1.165, 1.54) is 11.1 Å². The van der Waals surface area contributed by atoms with Gasteiger partial charge in [0.05, 0.1) is 0 Å². The second-order valence-corrected chi connectivity index (χ2v) is 5.12. The summed E-state index contributed by atoms with van der Waals surface area (Å²) in [5, 5.41) is 1.47. The highest BCUT2D eigenvalue weighted by Gasteiger charge is 2.06. The normalized spacial score (nSPS) is 10.1. The van der Waals surface area contributed by atoms with Crippen molar-refractivity contribution in [2.45, 2.75) is 17.8 Å². The molecule has 0 radical (unpaired) electrons. The van der Waals surface area contributed by atoms with Crippen LogP contribution in [-0.2, 0) is 5.75 Å². The van der Waals surface area contributed by atoms with Gasteiger partial charge in [0.15, 0.2) is 10.3 Å². The van der Waals surface area contributed by atoms with Crippen LogP contribution in [-0.4, -0.2) is 9.97 Å². The smallest absolute Gasteiger partial charge is 0.168 e. The van der Waals surface area contributed by atoms with Gasteiger partial charge in [-0.3, -0.25) is 0 Å². The molecule has 0 aliphatic heterocycles. The van der Waals surface area contributed by atoms with Gasteiger partial charge >= 0.3 is 0 Å². The van der Waals surface area contributed by atoms with Crippen LogP contribution < -0.4 is 0 Å². The molecule has 0 spiro atoms. The monoisotopic (exact) mass is 308 g/mol. The van der Waals surface area contributed by atoms with E-state index in [0.717, 1.165) is 10.9 Å². The summed E-state index contributed by atoms with van der Waals surface area (Å²) in [5.74, 6) is 0.848. The molecular formula is C11H11Cl3N2S. The van der Waals surface area contributed by atoms with Gasteiger partial charge in [-0.05, 0) is 12.5 Å². The Kier molecular flexibility index (Phi) is 5.67. The molecule has 0 amide bonds. The summed E-state index contributed by atoms with van der Waals surface area (Å²) in [6.45, 7) is 2.07. The van der Waals surface area contributed by atoms with Crippen molar-refractivity contribution >= 4 is 47.4 Å². The van der Waals surface area contributed by atoms with Crippen molar-refractivity contribution in [1.29, 1.82) is 0 Å². The molecular weight excluding hydrogens is 299 g/mol. The molecule has 2 aromatic rings. The average Bonchev–Trinajstić information content (AvgIpc) is 2.58. The SMILES string of the molecule is Cc1ccc(CSc2nc(Cl)c(Cl)[nH]2)cc1.Cl. The molecule has 0 saturated carbocycles. The van der Waals surface area contributed by atoms with Crippen molar-refractivity contribution in [2.24, 2.45) is 0 Å². The number of aromatic nitrogens is 2. The summed E-state index contributed by atoms with van der Waals surface area (Å²) in [6.07, 6.45) is 0. The minimum atomic E-state index is 0. The first-order valence-corrected chi connectivity index (χ1v) is 6.48. The Morgan fingerprint density at radius 3 is 2.41 bits per heavy atom. The van der Waals surface area contributed by atoms with Gasteiger partial charge in [-0.1, -0.05) is 64.8 Å². The lowest BCUT2D eigenvalue weighted by Crippen LogP contribution is -1.82. The van der Waals surface area contributed by atoms with Gasteiger partial charge in [-0.25, -0.2) is 4.98 Å². The van der Waals surface area contributed by atoms with E-state index < -0.39 is 0 Å². The Morgan fingerprint density at radius 1 is 1.24 bits per heavy atom. The highest BCUT2D eigenvalue weighted by Crippen LogP contribution is 2.26. The first kappa shape index (κ1) is 14.7. The Bertz CT molecular complexity index is 462. The molecule has 1 heterocycles. The van der Waals surface area contributed by atoms with Crippen molar-refractivity contribution in [3.05, 3.63) is 45.7 Å². The van der Waals surface area contributed by atoms with Gasteiger partial charge in [-0.15, -0.1) is 12.4 Å². The summed E-state index contributed by atoms with van der Waals surface area (Å²) < 4.78 is 0. The fourth-order valence-electron chi connectivity index (χ4n) is 1.22. The lowest BCUT2D eigenvalue weighted by Gasteiger charge is -1.99. The van der Waals surface area contributed by atoms with E-state index >= 15 is 0 Å². The summed E-state index contributed by atoms with van der Waals surface area (Å²) in [6, 6.07) is 8.40. The number of aryl methyl sites for hydroxylation is 1. The first-order valence-electron chi connectivity index (χ1n) is 4.74. The van der Waals surface area contributed by atoms with Crippen LogP contribution in [0.4, 0.5) is 0 Å². The van der Waals surface area contributed by atoms with E-state index in [-0.39, 0.29) is 12.4 Å². The van der Waals surface area contributed by atoms with E-state index in [2.05, 4.69) is 41.2 Å². The van der Waals surface area contributed by atoms with Crippen LogP contribution >= 0.6 is 47.4 Å². The standard InChI is InChI=1S/C11H10Cl2N2S.ClH/c1-7-2-4-8(5-3-7)6-16-11-14-9(12)10(13)15-11;/h2-5H,6H2,1H3,(H,14,15);1H. The van der Waals surface area contributed by atoms with Crippen molar-refractivity contribution in [3.8, 4) is 0 Å². The first-order chi connectivity index (χ1) is 7.65. The van der Waals surface area contributed by atoms with Gasteiger partial charge in [0, 0.05) is 5.75 Å². The molecule has 17 heavy (non-hydrogen) atoms. The molecule has 6 heteroatoms. The number of nitrogens with one attached hydrogen (secondary N) is 1. The van der Waals surface area contributed by atoms with Gasteiger partial charge in [0.25, 0.3) is 0 Å². The van der Waals surface area contributed by atoms with E-state index in [1.807, 2.05) is 0 Å². The zero-order chi connectivity index (χ0) is 11.5. The molecule has 1 N–H and O–H groups in total. The lowest BCUT2D eigenvalue weighted by molar-refractivity contribution is 1.06. The van der Waals surface area contributed by atoms with Gasteiger partial charge in [-0.2, -0.15) is 0 Å². The number of H-pyrrole nitrogens is 1. The molecule has 0 unspecified atom stereocenters. The summed E-state index contributed by atoms with van der Waals surface area (Å²) in [4.78, 5) is 7.00. The average molecular weight is 310 g/mol. The maximum Gasteiger partial charge on any atom is 0.168 e. The number of hydrogen-bond acceptors (Lipinski definition) is 2. The topological polar surface area (TPSA) is 28.7 Å². The fraction of sp³-hybridized carbons (Fsp3) is 0.182. The minimum Gasteiger partial charge on any atom is -0.323 e. The third kappa shape index (κ3) is 4.11. The Balaban J connectivity index is 0.00000144. The largest absolute Gasteiger partial charge is 0.323 e. The molecule has 2 nitrogen and oxygen atoms in total. The van der Waals surface area contributed by atoms with E-state index in [9.17, 15) is 0 Å². The summed E-state index contributed by atoms with van der Waals surface area (Å²) in [7, 11) is 0. The van der Waals surface area contributed by atoms with Crippen LogP contribution in [0.2, 0.25) is 10.3 Å². The molecule has 0 aliphatic carbocycles. The van der Waals surface area contributed by atoms with Crippen LogP contribution in [0.25, 0.3) is 0 Å². The van der Waals surface area contributed by atoms with E-state index in [1.54, 1.807) is 11.8 Å². The van der Waals surface area contributed by atoms with Gasteiger partial charge in [0.2, 0.25) is 0 Å². The van der Waals surface area contributed by atoms with E-state index in [0.29, 0.717) is 10.3 Å². The Morgan fingerprint density at radius 2 is 1.88 bits per heavy atom. The predicted octanol–water partition coefficient (Wildman–Crippen LogP) is 4.74. The third-order valence-corrected chi connectivity index (χ3v) is 3.68. The maximum absolute atomic E-state index is 5.77. The predicted molar refractivity (Wildman–Crippen MR) is 76.6 cm³/mol. The molecule has 0 bridgehead atoms. The van der Waals surface area contributed by atoms with E-state index in [4.69, 9.17) is 23.2 Å². The van der Waals surface area contributed by atoms with Crippen molar-refractivity contribution in [2.75, 3.05) is 0 Å². The molecule has 0 atom stereocenters. The zero-order valence-electron chi connectivity index (χ0n) is 9.04. The van der Waals surface area contributed by atoms with Crippen molar-refractivity contribution < 1.29 is 0 Å². The summed E-state index contributed by atoms with van der Waals surface area (Å²) >= 11 is 13.1. The Labute approximate surface area is 121 Å². The lowest BCUT2D eigenvalue weighted by atomic mass is 10.2. The number of aromatic amines is 1. The van der Waals surface area contributed by atoms with Crippen molar-refractivity contribution in [1.82, 2.24) is 9.97 Å². The third-order valence-electron chi connectivity index (χ3n) is 2.09. The number of benzene rings is 1. The highest BCUT2D eigenvalue weighted by atomic mass is 35.5. The second-order valence-electron chi connectivity index (χ2n) is 3.42. The van der Waals surface area contributed by atoms with Crippen LogP contribution in [0.5, 0.6) is 0 Å². The van der Waals surface area contributed by atoms with Crippen LogP contribution in [0, 0.1) is 6.92 Å². The zero-order valence-corrected chi connectivity index (χ0v) is 12.2. The molecule has 1 aromatic carbocycles.